The van der Waals surface area contributed by atoms with Gasteiger partial charge in [0.15, 0.2) is 0 Å². The fourth-order valence-electron chi connectivity index (χ4n) is 3.90. The maximum Gasteiger partial charge on any atom is 0.219 e. The SMILES string of the molecule is CC(=O)N1CCC(C2CCN(Cc3ccc(C)cn3)C2)CC1. The van der Waals surface area contributed by atoms with Gasteiger partial charge in [0.1, 0.15) is 0 Å². The Hall–Kier alpha value is -1.42. The number of aryl methyl sites for hydroxylation is 1. The fourth-order valence-corrected chi connectivity index (χ4v) is 3.90. The van der Waals surface area contributed by atoms with Crippen molar-refractivity contribution in [3.05, 3.63) is 29.6 Å². The molecule has 1 aromatic heterocycles. The van der Waals surface area contributed by atoms with Crippen LogP contribution in [0.15, 0.2) is 18.3 Å². The summed E-state index contributed by atoms with van der Waals surface area (Å²) in [6.07, 6.45) is 5.62. The van der Waals surface area contributed by atoms with Gasteiger partial charge < -0.3 is 4.90 Å². The molecule has 1 amide bonds. The van der Waals surface area contributed by atoms with E-state index in [0.29, 0.717) is 0 Å². The predicted molar refractivity (Wildman–Crippen MR) is 87.3 cm³/mol. The minimum Gasteiger partial charge on any atom is -0.343 e. The van der Waals surface area contributed by atoms with Gasteiger partial charge in [-0.2, -0.15) is 0 Å². The monoisotopic (exact) mass is 301 g/mol. The lowest BCUT2D eigenvalue weighted by atomic mass is 9.84. The molecular formula is C18H27N3O. The topological polar surface area (TPSA) is 36.4 Å². The second-order valence-electron chi connectivity index (χ2n) is 6.95. The molecule has 0 radical (unpaired) electrons. The zero-order valence-electron chi connectivity index (χ0n) is 13.8. The van der Waals surface area contributed by atoms with Crippen LogP contribution in [0.5, 0.6) is 0 Å². The summed E-state index contributed by atoms with van der Waals surface area (Å²) >= 11 is 0. The zero-order valence-corrected chi connectivity index (χ0v) is 13.8. The van der Waals surface area contributed by atoms with Crippen molar-refractivity contribution in [2.24, 2.45) is 11.8 Å². The molecule has 0 aliphatic carbocycles. The molecular weight excluding hydrogens is 274 g/mol. The van der Waals surface area contributed by atoms with Crippen molar-refractivity contribution in [2.45, 2.75) is 39.7 Å². The minimum atomic E-state index is 0.233. The molecule has 1 aromatic rings. The smallest absolute Gasteiger partial charge is 0.219 e. The Morgan fingerprint density at radius 3 is 2.55 bits per heavy atom. The first kappa shape index (κ1) is 15.5. The van der Waals surface area contributed by atoms with E-state index >= 15 is 0 Å². The Kier molecular flexibility index (Phi) is 4.77. The maximum atomic E-state index is 11.4. The van der Waals surface area contributed by atoms with Gasteiger partial charge in [0.05, 0.1) is 5.69 Å². The summed E-state index contributed by atoms with van der Waals surface area (Å²) < 4.78 is 0. The fraction of sp³-hybridized carbons (Fsp3) is 0.667. The number of pyridine rings is 1. The van der Waals surface area contributed by atoms with Gasteiger partial charge in [0.25, 0.3) is 0 Å². The summed E-state index contributed by atoms with van der Waals surface area (Å²) in [7, 11) is 0. The average molecular weight is 301 g/mol. The normalized spacial score (nSPS) is 23.9. The maximum absolute atomic E-state index is 11.4. The van der Waals surface area contributed by atoms with E-state index in [1.165, 1.54) is 43.6 Å². The molecule has 3 heterocycles. The molecule has 4 heteroatoms. The molecule has 0 N–H and O–H groups in total. The number of rotatable bonds is 3. The van der Waals surface area contributed by atoms with E-state index in [9.17, 15) is 4.79 Å². The van der Waals surface area contributed by atoms with Crippen molar-refractivity contribution in [2.75, 3.05) is 26.2 Å². The van der Waals surface area contributed by atoms with Gasteiger partial charge in [-0.25, -0.2) is 0 Å². The van der Waals surface area contributed by atoms with Crippen molar-refractivity contribution >= 4 is 5.91 Å². The number of hydrogen-bond acceptors (Lipinski definition) is 3. The van der Waals surface area contributed by atoms with Crippen LogP contribution in [0.3, 0.4) is 0 Å². The van der Waals surface area contributed by atoms with E-state index in [1.54, 1.807) is 6.92 Å². The van der Waals surface area contributed by atoms with Crippen LogP contribution >= 0.6 is 0 Å². The zero-order chi connectivity index (χ0) is 15.5. The standard InChI is InChI=1S/C18H27N3O/c1-14-3-4-18(19-11-14)13-20-8-5-17(12-20)16-6-9-21(10-7-16)15(2)22/h3-4,11,16-17H,5-10,12-13H2,1-2H3. The van der Waals surface area contributed by atoms with Crippen molar-refractivity contribution in [3.8, 4) is 0 Å². The second-order valence-corrected chi connectivity index (χ2v) is 6.95. The Bertz CT molecular complexity index is 506. The Labute approximate surface area is 133 Å². The van der Waals surface area contributed by atoms with Crippen LogP contribution in [0.25, 0.3) is 0 Å². The third kappa shape index (κ3) is 3.67. The number of nitrogens with zero attached hydrogens (tertiary/aromatic N) is 3. The predicted octanol–water partition coefficient (Wildman–Crippen LogP) is 2.47. The first-order chi connectivity index (χ1) is 10.6. The molecule has 22 heavy (non-hydrogen) atoms. The number of likely N-dealkylation sites (tertiary alicyclic amines) is 2. The van der Waals surface area contributed by atoms with E-state index in [0.717, 1.165) is 31.5 Å². The van der Waals surface area contributed by atoms with Crippen LogP contribution < -0.4 is 0 Å². The lowest BCUT2D eigenvalue weighted by Gasteiger charge is -2.34. The average Bonchev–Trinajstić information content (AvgIpc) is 2.98. The molecule has 2 saturated heterocycles. The first-order valence-corrected chi connectivity index (χ1v) is 8.51. The lowest BCUT2D eigenvalue weighted by Crippen LogP contribution is -2.39. The number of carbonyl (C=O) groups excluding carboxylic acids is 1. The number of carbonyl (C=O) groups is 1. The number of amides is 1. The summed E-state index contributed by atoms with van der Waals surface area (Å²) in [5, 5.41) is 0. The molecule has 4 nitrogen and oxygen atoms in total. The van der Waals surface area contributed by atoms with Gasteiger partial charge in [0.2, 0.25) is 5.91 Å². The number of hydrogen-bond donors (Lipinski definition) is 0. The van der Waals surface area contributed by atoms with Gasteiger partial charge in [-0.05, 0) is 56.2 Å². The van der Waals surface area contributed by atoms with E-state index in [2.05, 4.69) is 28.9 Å². The van der Waals surface area contributed by atoms with Crippen molar-refractivity contribution < 1.29 is 4.79 Å². The molecule has 0 spiro atoms. The Morgan fingerprint density at radius 1 is 1.18 bits per heavy atom. The quantitative estimate of drug-likeness (QED) is 0.860. The minimum absolute atomic E-state index is 0.233. The first-order valence-electron chi connectivity index (χ1n) is 8.51. The van der Waals surface area contributed by atoms with Crippen LogP contribution in [0.4, 0.5) is 0 Å². The van der Waals surface area contributed by atoms with E-state index in [-0.39, 0.29) is 5.91 Å². The molecule has 120 valence electrons. The van der Waals surface area contributed by atoms with E-state index < -0.39 is 0 Å². The summed E-state index contributed by atoms with van der Waals surface area (Å²) in [6, 6.07) is 4.29. The molecule has 3 rings (SSSR count). The van der Waals surface area contributed by atoms with Gasteiger partial charge in [-0.1, -0.05) is 6.07 Å². The van der Waals surface area contributed by atoms with Crippen LogP contribution in [-0.4, -0.2) is 46.9 Å². The second kappa shape index (κ2) is 6.78. The molecule has 1 unspecified atom stereocenters. The van der Waals surface area contributed by atoms with Crippen LogP contribution in [0, 0.1) is 18.8 Å². The Morgan fingerprint density at radius 2 is 1.91 bits per heavy atom. The van der Waals surface area contributed by atoms with Crippen LogP contribution in [-0.2, 0) is 11.3 Å². The molecule has 0 saturated carbocycles. The molecule has 1 atom stereocenters. The summed E-state index contributed by atoms with van der Waals surface area (Å²) in [4.78, 5) is 20.5. The Balaban J connectivity index is 1.48. The van der Waals surface area contributed by atoms with Gasteiger partial charge >= 0.3 is 0 Å². The van der Waals surface area contributed by atoms with Gasteiger partial charge in [0, 0.05) is 39.3 Å². The highest BCUT2D eigenvalue weighted by atomic mass is 16.2. The van der Waals surface area contributed by atoms with Crippen molar-refractivity contribution in [1.82, 2.24) is 14.8 Å². The van der Waals surface area contributed by atoms with Gasteiger partial charge in [-0.3, -0.25) is 14.7 Å². The molecule has 0 aromatic carbocycles. The molecule has 2 aliphatic rings. The van der Waals surface area contributed by atoms with E-state index in [4.69, 9.17) is 0 Å². The number of piperidine rings is 1. The third-order valence-electron chi connectivity index (χ3n) is 5.32. The van der Waals surface area contributed by atoms with Crippen molar-refractivity contribution in [3.63, 3.8) is 0 Å². The van der Waals surface area contributed by atoms with Crippen LogP contribution in [0.2, 0.25) is 0 Å². The molecule has 0 bridgehead atoms. The van der Waals surface area contributed by atoms with Crippen molar-refractivity contribution in [1.29, 1.82) is 0 Å². The molecule has 2 aliphatic heterocycles. The highest BCUT2D eigenvalue weighted by molar-refractivity contribution is 5.73. The highest BCUT2D eigenvalue weighted by Gasteiger charge is 2.32. The highest BCUT2D eigenvalue weighted by Crippen LogP contribution is 2.32. The summed E-state index contributed by atoms with van der Waals surface area (Å²) in [6.45, 7) is 9.03. The van der Waals surface area contributed by atoms with E-state index in [1.807, 2.05) is 11.1 Å². The number of aromatic nitrogens is 1. The summed E-state index contributed by atoms with van der Waals surface area (Å²) in [5.41, 5.74) is 2.40. The lowest BCUT2D eigenvalue weighted by molar-refractivity contribution is -0.130. The third-order valence-corrected chi connectivity index (χ3v) is 5.32. The summed E-state index contributed by atoms with van der Waals surface area (Å²) in [5.74, 6) is 1.84. The molecule has 2 fully saturated rings. The van der Waals surface area contributed by atoms with Gasteiger partial charge in [-0.15, -0.1) is 0 Å². The van der Waals surface area contributed by atoms with Crippen LogP contribution in [0.1, 0.15) is 37.4 Å². The largest absolute Gasteiger partial charge is 0.343 e.